The summed E-state index contributed by atoms with van der Waals surface area (Å²) in [6.07, 6.45) is 20.0. The lowest BCUT2D eigenvalue weighted by molar-refractivity contribution is -0.129. The Labute approximate surface area is 401 Å². The molecule has 358 valence electrons. The standard InChI is InChI=1S/C31H43N7O.C22H26N6O/c1-24-26(21-32)7-8-28(33-24)38-20-15-31(23-38)13-18-37(19-14-31)29-9-10-30(35-34-29)39-27-11-16-36(17-12-27)22-25-5-3-2-4-6-25;1-14-9-21-16(10-18(14)17-11-23-26(3)12-17)5-4-7-28(21)22-19-13-27(15(2)29)8-6-20(19)24-25-22/h7-10,25,27H,2-6,11-20,22-23H2,1H3;9-12H,4-8,13H2,1-3H3,(H,24,25). The van der Waals surface area contributed by atoms with Crippen molar-refractivity contribution in [2.75, 3.05) is 73.6 Å². The summed E-state index contributed by atoms with van der Waals surface area (Å²) in [4.78, 5) is 28.3. The lowest BCUT2D eigenvalue weighted by Crippen LogP contribution is -2.42. The van der Waals surface area contributed by atoms with Crippen molar-refractivity contribution in [2.45, 2.75) is 117 Å². The Morgan fingerprint density at radius 1 is 0.882 bits per heavy atom. The first-order chi connectivity index (χ1) is 33.1. The number of nitrogens with zero attached hydrogens (tertiary/aromatic N) is 12. The largest absolute Gasteiger partial charge is 0.473 e. The van der Waals surface area contributed by atoms with Gasteiger partial charge in [-0.25, -0.2) is 4.98 Å². The van der Waals surface area contributed by atoms with Crippen molar-refractivity contribution in [1.82, 2.24) is 45.0 Å². The van der Waals surface area contributed by atoms with E-state index >= 15 is 0 Å². The van der Waals surface area contributed by atoms with E-state index in [0.717, 1.165) is 143 Å². The number of amides is 1. The molecule has 5 aliphatic heterocycles. The van der Waals surface area contributed by atoms with Gasteiger partial charge in [0.25, 0.3) is 0 Å². The number of nitrogens with one attached hydrogen (secondary N) is 1. The minimum absolute atomic E-state index is 0.124. The molecule has 4 fully saturated rings. The van der Waals surface area contributed by atoms with Gasteiger partial charge in [-0.2, -0.15) is 15.5 Å². The summed E-state index contributed by atoms with van der Waals surface area (Å²) >= 11 is 0. The van der Waals surface area contributed by atoms with Crippen LogP contribution in [-0.4, -0.2) is 116 Å². The number of nitriles is 1. The lowest BCUT2D eigenvalue weighted by Gasteiger charge is -2.39. The summed E-state index contributed by atoms with van der Waals surface area (Å²) < 4.78 is 8.09. The van der Waals surface area contributed by atoms with Gasteiger partial charge in [0.15, 0.2) is 11.6 Å². The van der Waals surface area contributed by atoms with E-state index in [1.807, 2.05) is 47.9 Å². The van der Waals surface area contributed by atoms with Gasteiger partial charge in [-0.05, 0) is 130 Å². The molecular weight excluding hydrogens is 851 g/mol. The number of H-pyrrole nitrogens is 1. The molecule has 9 heterocycles. The molecule has 1 amide bonds. The van der Waals surface area contributed by atoms with Crippen molar-refractivity contribution < 1.29 is 9.53 Å². The third kappa shape index (κ3) is 9.93. The number of fused-ring (bicyclic) bond motifs is 2. The van der Waals surface area contributed by atoms with Gasteiger partial charge in [0, 0.05) is 114 Å². The molecule has 68 heavy (non-hydrogen) atoms. The highest BCUT2D eigenvalue weighted by molar-refractivity contribution is 5.77. The first-order valence-corrected chi connectivity index (χ1v) is 25.4. The summed E-state index contributed by atoms with van der Waals surface area (Å²) in [7, 11) is 1.95. The second-order valence-electron chi connectivity index (χ2n) is 20.6. The summed E-state index contributed by atoms with van der Waals surface area (Å²) in [5.74, 6) is 4.63. The van der Waals surface area contributed by atoms with Crippen molar-refractivity contribution in [1.29, 1.82) is 5.26 Å². The fraction of sp³-hybridized carbons (Fsp3) is 0.566. The van der Waals surface area contributed by atoms with Crippen LogP contribution < -0.4 is 19.4 Å². The SMILES string of the molecule is CC(=O)N1CCc2[nH]nc(N3CCCc4cc(-c5cnn(C)c5)c(C)cc43)c2C1.Cc1nc(N2CCC3(CCN(c4ccc(OC5CCN(CC6CCCCC6)CC5)nn4)CC3)C2)ccc1C#N. The van der Waals surface area contributed by atoms with Crippen LogP contribution in [0.15, 0.2) is 48.8 Å². The Hall–Kier alpha value is -6.01. The molecule has 1 aliphatic carbocycles. The maximum Gasteiger partial charge on any atom is 0.233 e. The second kappa shape index (κ2) is 19.9. The minimum atomic E-state index is 0.124. The number of aromatic amines is 1. The minimum Gasteiger partial charge on any atom is -0.473 e. The van der Waals surface area contributed by atoms with Crippen molar-refractivity contribution in [3.63, 3.8) is 0 Å². The van der Waals surface area contributed by atoms with Crippen molar-refractivity contribution in [3.8, 4) is 23.1 Å². The van der Waals surface area contributed by atoms with Gasteiger partial charge in [0.05, 0.1) is 24.0 Å². The average molecular weight is 920 g/mol. The van der Waals surface area contributed by atoms with E-state index in [0.29, 0.717) is 23.4 Å². The molecule has 1 spiro atoms. The number of pyridine rings is 1. The van der Waals surface area contributed by atoms with Crippen LogP contribution in [0.4, 0.5) is 23.1 Å². The second-order valence-corrected chi connectivity index (χ2v) is 20.6. The predicted molar refractivity (Wildman–Crippen MR) is 265 cm³/mol. The Bertz CT molecular complexity index is 2590. The highest BCUT2D eigenvalue weighted by Crippen LogP contribution is 2.43. The van der Waals surface area contributed by atoms with Crippen molar-refractivity contribution in [2.24, 2.45) is 18.4 Å². The molecule has 15 heteroatoms. The average Bonchev–Trinajstić information content (AvgIpc) is 4.11. The molecule has 5 aromatic rings. The quantitative estimate of drug-likeness (QED) is 0.160. The summed E-state index contributed by atoms with van der Waals surface area (Å²) in [6.45, 7) is 15.7. The number of benzene rings is 1. The van der Waals surface area contributed by atoms with Crippen LogP contribution in [0.2, 0.25) is 0 Å². The van der Waals surface area contributed by atoms with Crippen molar-refractivity contribution >= 4 is 29.0 Å². The van der Waals surface area contributed by atoms with Crippen LogP contribution in [0.1, 0.15) is 111 Å². The van der Waals surface area contributed by atoms with Gasteiger partial charge in [-0.3, -0.25) is 14.6 Å². The summed E-state index contributed by atoms with van der Waals surface area (Å²) in [6, 6.07) is 14.8. The zero-order valence-corrected chi connectivity index (χ0v) is 40.7. The molecule has 1 aromatic carbocycles. The number of anilines is 4. The lowest BCUT2D eigenvalue weighted by atomic mass is 9.78. The molecule has 0 radical (unpaired) electrons. The maximum atomic E-state index is 11.9. The molecule has 0 atom stereocenters. The third-order valence-corrected chi connectivity index (χ3v) is 16.0. The zero-order chi connectivity index (χ0) is 46.8. The van der Waals surface area contributed by atoms with Gasteiger partial charge in [-0.15, -0.1) is 10.2 Å². The maximum absolute atomic E-state index is 11.9. The van der Waals surface area contributed by atoms with Crippen LogP contribution in [-0.2, 0) is 31.2 Å². The van der Waals surface area contributed by atoms with Gasteiger partial charge in [-0.1, -0.05) is 19.3 Å². The Morgan fingerprint density at radius 3 is 2.37 bits per heavy atom. The number of hydrogen-bond acceptors (Lipinski definition) is 12. The van der Waals surface area contributed by atoms with E-state index in [-0.39, 0.29) is 12.0 Å². The Kier molecular flexibility index (Phi) is 13.4. The number of ether oxygens (including phenoxy) is 1. The van der Waals surface area contributed by atoms with Crippen molar-refractivity contribution in [3.05, 3.63) is 82.4 Å². The van der Waals surface area contributed by atoms with E-state index in [9.17, 15) is 10.1 Å². The molecule has 15 nitrogen and oxygen atoms in total. The normalized spacial score (nSPS) is 19.9. The first-order valence-electron chi connectivity index (χ1n) is 25.4. The molecule has 4 aromatic heterocycles. The van der Waals surface area contributed by atoms with Gasteiger partial charge >= 0.3 is 0 Å². The molecule has 11 rings (SSSR count). The number of carbonyl (C=O) groups excluding carboxylic acids is 1. The number of aromatic nitrogens is 7. The van der Waals surface area contributed by atoms with E-state index in [4.69, 9.17) is 9.72 Å². The van der Waals surface area contributed by atoms with Crippen LogP contribution in [0, 0.1) is 36.5 Å². The summed E-state index contributed by atoms with van der Waals surface area (Å²) in [5.41, 5.74) is 10.3. The molecule has 1 N–H and O–H groups in total. The van der Waals surface area contributed by atoms with Gasteiger partial charge in [0.1, 0.15) is 18.0 Å². The van der Waals surface area contributed by atoms with E-state index in [1.165, 1.54) is 67.4 Å². The number of piperidine rings is 2. The molecule has 3 saturated heterocycles. The molecule has 0 bridgehead atoms. The number of rotatable bonds is 8. The molecule has 6 aliphatic rings. The predicted octanol–water partition coefficient (Wildman–Crippen LogP) is 8.08. The molecule has 1 saturated carbocycles. The van der Waals surface area contributed by atoms with Gasteiger partial charge in [0.2, 0.25) is 11.8 Å². The van der Waals surface area contributed by atoms with Gasteiger partial charge < -0.3 is 29.2 Å². The highest BCUT2D eigenvalue weighted by atomic mass is 16.5. The Balaban J connectivity index is 0.000000165. The number of hydrogen-bond donors (Lipinski definition) is 1. The van der Waals surface area contributed by atoms with Crippen LogP contribution in [0.5, 0.6) is 5.88 Å². The fourth-order valence-electron chi connectivity index (χ4n) is 11.9. The fourth-order valence-corrected chi connectivity index (χ4v) is 11.9. The van der Waals surface area contributed by atoms with Crippen LogP contribution in [0.25, 0.3) is 11.1 Å². The molecular formula is C53H69N13O2. The third-order valence-electron chi connectivity index (χ3n) is 16.0. The van der Waals surface area contributed by atoms with E-state index in [2.05, 4.69) is 82.5 Å². The number of aryl methyl sites for hydroxylation is 4. The van der Waals surface area contributed by atoms with Crippen LogP contribution >= 0.6 is 0 Å². The highest BCUT2D eigenvalue weighted by Gasteiger charge is 2.41. The zero-order valence-electron chi connectivity index (χ0n) is 40.7. The number of carbonyl (C=O) groups is 1. The monoisotopic (exact) mass is 920 g/mol. The van der Waals surface area contributed by atoms with Crippen LogP contribution in [0.3, 0.4) is 0 Å². The van der Waals surface area contributed by atoms with E-state index in [1.54, 1.807) is 6.92 Å². The molecule has 0 unspecified atom stereocenters. The topological polar surface area (TPSA) is 151 Å². The summed E-state index contributed by atoms with van der Waals surface area (Å²) in [5, 5.41) is 30.5. The smallest absolute Gasteiger partial charge is 0.233 e. The van der Waals surface area contributed by atoms with E-state index < -0.39 is 0 Å². The number of likely N-dealkylation sites (tertiary alicyclic amines) is 1. The first kappa shape index (κ1) is 45.8. The Morgan fingerprint density at radius 2 is 1.66 bits per heavy atom.